The molecule has 1 amide bonds. The van der Waals surface area contributed by atoms with Gasteiger partial charge >= 0.3 is 5.97 Å². The van der Waals surface area contributed by atoms with Crippen LogP contribution in [0.1, 0.15) is 5.56 Å². The van der Waals surface area contributed by atoms with Crippen molar-refractivity contribution in [3.05, 3.63) is 66.0 Å². The average Bonchev–Trinajstić information content (AvgIpc) is 2.58. The van der Waals surface area contributed by atoms with Crippen LogP contribution >= 0.6 is 0 Å². The summed E-state index contributed by atoms with van der Waals surface area (Å²) < 4.78 is 40.3. The van der Waals surface area contributed by atoms with Crippen molar-refractivity contribution in [2.45, 2.75) is 4.90 Å². The number of amides is 1. The Morgan fingerprint density at radius 2 is 1.88 bits per heavy atom. The second-order valence-corrected chi connectivity index (χ2v) is 6.68. The number of rotatable bonds is 6. The predicted molar refractivity (Wildman–Crippen MR) is 92.8 cm³/mol. The van der Waals surface area contributed by atoms with E-state index in [1.54, 1.807) is 6.07 Å². The van der Waals surface area contributed by atoms with Crippen molar-refractivity contribution in [1.82, 2.24) is 0 Å². The molecule has 0 spiro atoms. The SMILES string of the molecule is NS(=O)(=O)c1cccc(NC(=O)COC(=O)/C=C/c2cccc(F)c2)c1. The van der Waals surface area contributed by atoms with Crippen molar-refractivity contribution < 1.29 is 27.1 Å². The van der Waals surface area contributed by atoms with Crippen molar-refractivity contribution in [2.24, 2.45) is 5.14 Å². The summed E-state index contributed by atoms with van der Waals surface area (Å²) >= 11 is 0. The molecule has 0 aliphatic rings. The lowest BCUT2D eigenvalue weighted by atomic mass is 10.2. The van der Waals surface area contributed by atoms with Crippen LogP contribution in [-0.2, 0) is 24.3 Å². The molecule has 136 valence electrons. The van der Waals surface area contributed by atoms with Gasteiger partial charge in [0.2, 0.25) is 10.0 Å². The van der Waals surface area contributed by atoms with E-state index in [0.29, 0.717) is 5.56 Å². The van der Waals surface area contributed by atoms with Gasteiger partial charge in [-0.1, -0.05) is 18.2 Å². The molecule has 7 nitrogen and oxygen atoms in total. The largest absolute Gasteiger partial charge is 0.452 e. The van der Waals surface area contributed by atoms with Crippen molar-refractivity contribution >= 4 is 33.7 Å². The first-order valence-corrected chi connectivity index (χ1v) is 8.82. The highest BCUT2D eigenvalue weighted by Crippen LogP contribution is 2.14. The molecular weight excluding hydrogens is 363 g/mol. The fourth-order valence-corrected chi connectivity index (χ4v) is 2.47. The smallest absolute Gasteiger partial charge is 0.331 e. The van der Waals surface area contributed by atoms with Crippen LogP contribution in [0.4, 0.5) is 10.1 Å². The zero-order valence-electron chi connectivity index (χ0n) is 13.4. The summed E-state index contributed by atoms with van der Waals surface area (Å²) in [6.07, 6.45) is 2.41. The molecule has 0 atom stereocenters. The highest BCUT2D eigenvalue weighted by molar-refractivity contribution is 7.89. The second-order valence-electron chi connectivity index (χ2n) is 5.12. The van der Waals surface area contributed by atoms with Gasteiger partial charge in [-0.25, -0.2) is 22.7 Å². The lowest BCUT2D eigenvalue weighted by Crippen LogP contribution is -2.20. The van der Waals surface area contributed by atoms with Gasteiger partial charge in [0.1, 0.15) is 5.82 Å². The van der Waals surface area contributed by atoms with Gasteiger partial charge in [0.05, 0.1) is 4.90 Å². The molecule has 0 unspecified atom stereocenters. The van der Waals surface area contributed by atoms with E-state index in [1.807, 2.05) is 0 Å². The van der Waals surface area contributed by atoms with Crippen LogP contribution in [0.15, 0.2) is 59.5 Å². The van der Waals surface area contributed by atoms with Gasteiger partial charge in [-0.05, 0) is 42.0 Å². The van der Waals surface area contributed by atoms with E-state index in [9.17, 15) is 22.4 Å². The highest BCUT2D eigenvalue weighted by atomic mass is 32.2. The molecule has 2 aromatic carbocycles. The Hall–Kier alpha value is -3.04. The number of anilines is 1. The topological polar surface area (TPSA) is 116 Å². The number of halogens is 1. The zero-order valence-corrected chi connectivity index (χ0v) is 14.2. The number of nitrogens with two attached hydrogens (primary N) is 1. The molecule has 2 aromatic rings. The Morgan fingerprint density at radius 3 is 2.58 bits per heavy atom. The number of carbonyl (C=O) groups is 2. The summed E-state index contributed by atoms with van der Waals surface area (Å²) in [6, 6.07) is 10.9. The lowest BCUT2D eigenvalue weighted by molar-refractivity contribution is -0.142. The molecule has 0 aromatic heterocycles. The number of carbonyl (C=O) groups excluding carboxylic acids is 2. The summed E-state index contributed by atoms with van der Waals surface area (Å²) in [6.45, 7) is -0.577. The maximum absolute atomic E-state index is 13.0. The number of ether oxygens (including phenoxy) is 1. The molecule has 0 radical (unpaired) electrons. The second kappa shape index (κ2) is 8.37. The first kappa shape index (κ1) is 19.3. The van der Waals surface area contributed by atoms with E-state index in [-0.39, 0.29) is 10.6 Å². The van der Waals surface area contributed by atoms with Crippen LogP contribution < -0.4 is 10.5 Å². The minimum Gasteiger partial charge on any atom is -0.452 e. The van der Waals surface area contributed by atoms with Crippen molar-refractivity contribution in [3.8, 4) is 0 Å². The van der Waals surface area contributed by atoms with E-state index in [2.05, 4.69) is 5.32 Å². The van der Waals surface area contributed by atoms with Crippen molar-refractivity contribution in [1.29, 1.82) is 0 Å². The van der Waals surface area contributed by atoms with Gasteiger partial charge < -0.3 is 10.1 Å². The molecule has 0 aliphatic heterocycles. The molecule has 0 fully saturated rings. The number of benzene rings is 2. The molecule has 3 N–H and O–H groups in total. The van der Waals surface area contributed by atoms with Crippen LogP contribution in [0.5, 0.6) is 0 Å². The minimum absolute atomic E-state index is 0.162. The summed E-state index contributed by atoms with van der Waals surface area (Å²) in [5.74, 6) is -1.90. The summed E-state index contributed by atoms with van der Waals surface area (Å²) in [5, 5.41) is 7.39. The van der Waals surface area contributed by atoms with Gasteiger partial charge in [0.15, 0.2) is 6.61 Å². The van der Waals surface area contributed by atoms with E-state index >= 15 is 0 Å². The molecule has 0 bridgehead atoms. The minimum atomic E-state index is -3.90. The summed E-state index contributed by atoms with van der Waals surface area (Å²) in [5.41, 5.74) is 0.652. The van der Waals surface area contributed by atoms with Crippen molar-refractivity contribution in [2.75, 3.05) is 11.9 Å². The maximum atomic E-state index is 13.0. The summed E-state index contributed by atoms with van der Waals surface area (Å²) in [4.78, 5) is 23.2. The van der Waals surface area contributed by atoms with Crippen LogP contribution in [0.25, 0.3) is 6.08 Å². The Labute approximate surface area is 149 Å². The number of sulfonamides is 1. The standard InChI is InChI=1S/C17H15FN2O5S/c18-13-4-1-3-12(9-13)7-8-17(22)25-11-16(21)20-14-5-2-6-15(10-14)26(19,23)24/h1-10H,11H2,(H,20,21)(H2,19,23,24)/b8-7+. The van der Waals surface area contributed by atoms with E-state index < -0.39 is 34.3 Å². The number of esters is 1. The lowest BCUT2D eigenvalue weighted by Gasteiger charge is -2.06. The van der Waals surface area contributed by atoms with Crippen LogP contribution in [0, 0.1) is 5.82 Å². The molecule has 0 saturated heterocycles. The van der Waals surface area contributed by atoms with Gasteiger partial charge in [0.25, 0.3) is 5.91 Å². The Bertz CT molecular complexity index is 957. The van der Waals surface area contributed by atoms with Gasteiger partial charge in [-0.2, -0.15) is 0 Å². The third-order valence-electron chi connectivity index (χ3n) is 3.05. The fraction of sp³-hybridized carbons (Fsp3) is 0.0588. The molecule has 2 rings (SSSR count). The van der Waals surface area contributed by atoms with E-state index in [4.69, 9.17) is 9.88 Å². The highest BCUT2D eigenvalue weighted by Gasteiger charge is 2.10. The third kappa shape index (κ3) is 6.11. The summed E-state index contributed by atoms with van der Waals surface area (Å²) in [7, 11) is -3.90. The molecule has 26 heavy (non-hydrogen) atoms. The molecule has 0 aliphatic carbocycles. The number of hydrogen-bond donors (Lipinski definition) is 2. The normalized spacial score (nSPS) is 11.3. The number of hydrogen-bond acceptors (Lipinski definition) is 5. The first-order valence-electron chi connectivity index (χ1n) is 7.27. The van der Waals surface area contributed by atoms with Gasteiger partial charge in [-0.3, -0.25) is 4.79 Å². The zero-order chi connectivity index (χ0) is 19.2. The predicted octanol–water partition coefficient (Wildman–Crippen LogP) is 1.67. The number of primary sulfonamides is 1. The van der Waals surface area contributed by atoms with Crippen LogP contribution in [0.2, 0.25) is 0 Å². The van der Waals surface area contributed by atoms with E-state index in [0.717, 1.165) is 6.08 Å². The first-order chi connectivity index (χ1) is 12.2. The maximum Gasteiger partial charge on any atom is 0.331 e. The molecular formula is C17H15FN2O5S. The number of nitrogens with one attached hydrogen (secondary N) is 1. The fourth-order valence-electron chi connectivity index (χ4n) is 1.91. The van der Waals surface area contributed by atoms with Crippen LogP contribution in [0.3, 0.4) is 0 Å². The third-order valence-corrected chi connectivity index (χ3v) is 3.96. The molecule has 9 heteroatoms. The Morgan fingerprint density at radius 1 is 1.15 bits per heavy atom. The van der Waals surface area contributed by atoms with Gasteiger partial charge in [-0.15, -0.1) is 0 Å². The monoisotopic (exact) mass is 378 g/mol. The van der Waals surface area contributed by atoms with Crippen LogP contribution in [-0.4, -0.2) is 26.9 Å². The Balaban J connectivity index is 1.88. The average molecular weight is 378 g/mol. The van der Waals surface area contributed by atoms with E-state index in [1.165, 1.54) is 48.5 Å². The van der Waals surface area contributed by atoms with Gasteiger partial charge in [0, 0.05) is 11.8 Å². The van der Waals surface area contributed by atoms with Crippen molar-refractivity contribution in [3.63, 3.8) is 0 Å². The molecule has 0 heterocycles. The molecule has 0 saturated carbocycles. The quantitative estimate of drug-likeness (QED) is 0.586. The Kier molecular flexibility index (Phi) is 6.21.